The molecule has 5 heteroatoms. The van der Waals surface area contributed by atoms with Gasteiger partial charge >= 0.3 is 5.97 Å². The van der Waals surface area contributed by atoms with E-state index in [0.29, 0.717) is 11.3 Å². The van der Waals surface area contributed by atoms with Crippen LogP contribution in [0.15, 0.2) is 47.6 Å². The Bertz CT molecular complexity index is 811. The molecule has 128 valence electrons. The maximum atomic E-state index is 13.0. The fourth-order valence-corrected chi connectivity index (χ4v) is 4.55. The summed E-state index contributed by atoms with van der Waals surface area (Å²) >= 11 is 0. The van der Waals surface area contributed by atoms with Crippen molar-refractivity contribution in [2.75, 3.05) is 12.0 Å². The van der Waals surface area contributed by atoms with Crippen molar-refractivity contribution in [1.29, 1.82) is 0 Å². The fraction of sp³-hybridized carbons (Fsp3) is 0.350. The van der Waals surface area contributed by atoms with Crippen molar-refractivity contribution in [2.45, 2.75) is 13.8 Å². The van der Waals surface area contributed by atoms with Gasteiger partial charge in [-0.15, -0.1) is 0 Å². The standard InChI is InChI=1S/C20H19NO4/c1-10(2)15-13-8-9-14(15)17-16(13)18(22)21(19(17)23)12-6-4-11(5-7-12)20(24)25-3/h4-9,13-14,16-17H,1-3H3. The number of amides is 2. The molecule has 0 aromatic heterocycles. The van der Waals surface area contributed by atoms with Crippen LogP contribution in [0.3, 0.4) is 0 Å². The maximum Gasteiger partial charge on any atom is 0.337 e. The molecule has 0 radical (unpaired) electrons. The molecule has 2 aliphatic carbocycles. The lowest BCUT2D eigenvalue weighted by molar-refractivity contribution is -0.122. The third kappa shape index (κ3) is 2.05. The van der Waals surface area contributed by atoms with Gasteiger partial charge < -0.3 is 4.74 Å². The van der Waals surface area contributed by atoms with Gasteiger partial charge in [0, 0.05) is 11.8 Å². The summed E-state index contributed by atoms with van der Waals surface area (Å²) < 4.78 is 4.68. The Hall–Kier alpha value is -2.69. The molecular formula is C20H19NO4. The topological polar surface area (TPSA) is 63.7 Å². The number of allylic oxidation sites excluding steroid dienone is 4. The second-order valence-corrected chi connectivity index (χ2v) is 6.99. The predicted molar refractivity (Wildman–Crippen MR) is 91.7 cm³/mol. The van der Waals surface area contributed by atoms with Crippen molar-refractivity contribution in [3.8, 4) is 0 Å². The minimum atomic E-state index is -0.446. The first-order valence-electron chi connectivity index (χ1n) is 8.37. The summed E-state index contributed by atoms with van der Waals surface area (Å²) in [7, 11) is 1.31. The number of hydrogen-bond donors (Lipinski definition) is 0. The van der Waals surface area contributed by atoms with Gasteiger partial charge in [-0.3, -0.25) is 9.59 Å². The Balaban J connectivity index is 1.68. The van der Waals surface area contributed by atoms with Crippen molar-refractivity contribution >= 4 is 23.5 Å². The summed E-state index contributed by atoms with van der Waals surface area (Å²) in [6.45, 7) is 4.09. The van der Waals surface area contributed by atoms with E-state index in [4.69, 9.17) is 0 Å². The van der Waals surface area contributed by atoms with Crippen molar-refractivity contribution in [3.63, 3.8) is 0 Å². The van der Waals surface area contributed by atoms with Crippen LogP contribution in [0, 0.1) is 23.7 Å². The molecule has 0 N–H and O–H groups in total. The molecule has 1 aromatic rings. The number of rotatable bonds is 2. The molecule has 4 unspecified atom stereocenters. The average molecular weight is 337 g/mol. The highest BCUT2D eigenvalue weighted by molar-refractivity contribution is 6.23. The molecule has 1 saturated carbocycles. The molecule has 1 saturated heterocycles. The highest BCUT2D eigenvalue weighted by atomic mass is 16.5. The Morgan fingerprint density at radius 3 is 1.92 bits per heavy atom. The molecule has 5 nitrogen and oxygen atoms in total. The highest BCUT2D eigenvalue weighted by Crippen LogP contribution is 2.57. The third-order valence-corrected chi connectivity index (χ3v) is 5.54. The number of benzene rings is 1. The first-order chi connectivity index (χ1) is 12.0. The number of methoxy groups -OCH3 is 1. The minimum Gasteiger partial charge on any atom is -0.465 e. The summed E-state index contributed by atoms with van der Waals surface area (Å²) in [6, 6.07) is 6.40. The Kier molecular flexibility index (Phi) is 3.42. The molecule has 1 heterocycles. The zero-order chi connectivity index (χ0) is 17.9. The Labute approximate surface area is 146 Å². The lowest BCUT2D eigenvalue weighted by Crippen LogP contribution is -2.33. The van der Waals surface area contributed by atoms with Gasteiger partial charge in [-0.05, 0) is 38.1 Å². The van der Waals surface area contributed by atoms with Crippen molar-refractivity contribution in [2.24, 2.45) is 23.7 Å². The monoisotopic (exact) mass is 337 g/mol. The summed E-state index contributed by atoms with van der Waals surface area (Å²) in [4.78, 5) is 38.8. The number of carbonyl (C=O) groups is 3. The van der Waals surface area contributed by atoms with Gasteiger partial charge in [-0.25, -0.2) is 9.69 Å². The van der Waals surface area contributed by atoms with Gasteiger partial charge in [0.05, 0.1) is 30.2 Å². The van der Waals surface area contributed by atoms with Crippen LogP contribution in [0.25, 0.3) is 0 Å². The van der Waals surface area contributed by atoms with E-state index in [1.807, 2.05) is 13.8 Å². The van der Waals surface area contributed by atoms with Gasteiger partial charge in [-0.1, -0.05) is 23.3 Å². The van der Waals surface area contributed by atoms with Gasteiger partial charge in [0.15, 0.2) is 0 Å². The number of imide groups is 1. The van der Waals surface area contributed by atoms with E-state index in [9.17, 15) is 14.4 Å². The van der Waals surface area contributed by atoms with Gasteiger partial charge in [0.2, 0.25) is 11.8 Å². The second-order valence-electron chi connectivity index (χ2n) is 6.99. The number of esters is 1. The average Bonchev–Trinajstić information content (AvgIpc) is 3.24. The Morgan fingerprint density at radius 1 is 0.960 bits per heavy atom. The maximum absolute atomic E-state index is 13.0. The number of carbonyl (C=O) groups excluding carboxylic acids is 3. The van der Waals surface area contributed by atoms with Crippen LogP contribution < -0.4 is 4.90 Å². The minimum absolute atomic E-state index is 0.0378. The van der Waals surface area contributed by atoms with Crippen LogP contribution >= 0.6 is 0 Å². The summed E-state index contributed by atoms with van der Waals surface area (Å²) in [5, 5.41) is 0. The first kappa shape index (κ1) is 15.8. The highest BCUT2D eigenvalue weighted by Gasteiger charge is 2.61. The molecule has 3 aliphatic rings. The smallest absolute Gasteiger partial charge is 0.337 e. The zero-order valence-electron chi connectivity index (χ0n) is 14.4. The summed E-state index contributed by atoms with van der Waals surface area (Å²) in [6.07, 6.45) is 4.15. The normalized spacial score (nSPS) is 29.4. The summed E-state index contributed by atoms with van der Waals surface area (Å²) in [5.74, 6) is -1.25. The fourth-order valence-electron chi connectivity index (χ4n) is 4.55. The molecule has 1 aromatic carbocycles. The molecule has 4 rings (SSSR count). The van der Waals surface area contributed by atoms with E-state index < -0.39 is 5.97 Å². The van der Waals surface area contributed by atoms with Gasteiger partial charge in [0.25, 0.3) is 0 Å². The first-order valence-corrected chi connectivity index (χ1v) is 8.37. The van der Waals surface area contributed by atoms with E-state index in [1.54, 1.807) is 24.3 Å². The van der Waals surface area contributed by atoms with Crippen molar-refractivity contribution < 1.29 is 19.1 Å². The summed E-state index contributed by atoms with van der Waals surface area (Å²) in [5.41, 5.74) is 3.33. The molecule has 2 fully saturated rings. The molecule has 2 bridgehead atoms. The van der Waals surface area contributed by atoms with Gasteiger partial charge in [0.1, 0.15) is 0 Å². The number of anilines is 1. The Morgan fingerprint density at radius 2 is 1.48 bits per heavy atom. The van der Waals surface area contributed by atoms with Crippen LogP contribution in [0.2, 0.25) is 0 Å². The molecule has 25 heavy (non-hydrogen) atoms. The third-order valence-electron chi connectivity index (χ3n) is 5.54. The van der Waals surface area contributed by atoms with Crippen LogP contribution in [0.4, 0.5) is 5.69 Å². The number of hydrogen-bond acceptors (Lipinski definition) is 4. The number of nitrogens with zero attached hydrogens (tertiary/aromatic N) is 1. The van der Waals surface area contributed by atoms with E-state index >= 15 is 0 Å². The van der Waals surface area contributed by atoms with E-state index in [1.165, 1.54) is 23.2 Å². The zero-order valence-corrected chi connectivity index (χ0v) is 14.4. The second kappa shape index (κ2) is 5.41. The lowest BCUT2D eigenvalue weighted by atomic mass is 9.85. The quantitative estimate of drug-likeness (QED) is 0.473. The van der Waals surface area contributed by atoms with Crippen LogP contribution in [-0.4, -0.2) is 24.9 Å². The van der Waals surface area contributed by atoms with Crippen LogP contribution in [-0.2, 0) is 14.3 Å². The molecule has 4 atom stereocenters. The van der Waals surface area contributed by atoms with Gasteiger partial charge in [-0.2, -0.15) is 0 Å². The largest absolute Gasteiger partial charge is 0.465 e. The van der Waals surface area contributed by atoms with Crippen LogP contribution in [0.5, 0.6) is 0 Å². The SMILES string of the molecule is COC(=O)c1ccc(N2C(=O)C3C4C=CC(C4=C(C)C)C3C2=O)cc1. The molecular weight excluding hydrogens is 318 g/mol. The van der Waals surface area contributed by atoms with Crippen molar-refractivity contribution in [1.82, 2.24) is 0 Å². The van der Waals surface area contributed by atoms with Crippen LogP contribution in [0.1, 0.15) is 24.2 Å². The lowest BCUT2D eigenvalue weighted by Gasteiger charge is -2.19. The van der Waals surface area contributed by atoms with E-state index in [2.05, 4.69) is 16.9 Å². The predicted octanol–water partition coefficient (Wildman–Crippen LogP) is 2.73. The molecule has 0 spiro atoms. The number of fused-ring (bicyclic) bond motifs is 5. The molecule has 1 aliphatic heterocycles. The van der Waals surface area contributed by atoms with E-state index in [0.717, 1.165) is 0 Å². The van der Waals surface area contributed by atoms with Crippen molar-refractivity contribution in [3.05, 3.63) is 53.1 Å². The number of ether oxygens (including phenoxy) is 1. The molecule has 2 amide bonds. The van der Waals surface area contributed by atoms with E-state index in [-0.39, 0.29) is 35.5 Å².